The summed E-state index contributed by atoms with van der Waals surface area (Å²) in [6.07, 6.45) is 5.95. The second-order valence-electron chi connectivity index (χ2n) is 9.86. The van der Waals surface area contributed by atoms with E-state index in [0.717, 1.165) is 35.1 Å². The first-order valence-corrected chi connectivity index (χ1v) is 10.6. The molecular formula is C28H34O. The number of hydrogen-bond donors (Lipinski definition) is 0. The van der Waals surface area contributed by atoms with Crippen molar-refractivity contribution in [1.29, 1.82) is 0 Å². The third-order valence-electron chi connectivity index (χ3n) is 6.25. The van der Waals surface area contributed by atoms with Gasteiger partial charge >= 0.3 is 0 Å². The largest absolute Gasteiger partial charge is 0.289 e. The Balaban J connectivity index is 2.06. The minimum absolute atomic E-state index is 0.156. The van der Waals surface area contributed by atoms with Gasteiger partial charge in [0.1, 0.15) is 0 Å². The molecule has 0 spiro atoms. The van der Waals surface area contributed by atoms with Crippen LogP contribution < -0.4 is 0 Å². The smallest absolute Gasteiger partial charge is 0.185 e. The molecule has 2 aromatic carbocycles. The molecule has 0 N–H and O–H groups in total. The van der Waals surface area contributed by atoms with Crippen molar-refractivity contribution in [3.63, 3.8) is 0 Å². The van der Waals surface area contributed by atoms with Gasteiger partial charge in [-0.1, -0.05) is 68.3 Å². The molecule has 1 aliphatic carbocycles. The Bertz CT molecular complexity index is 922. The maximum atomic E-state index is 13.4. The summed E-state index contributed by atoms with van der Waals surface area (Å²) in [4.78, 5) is 13.4. The molecule has 0 atom stereocenters. The lowest BCUT2D eigenvalue weighted by Gasteiger charge is -2.35. The van der Waals surface area contributed by atoms with E-state index in [1.807, 2.05) is 0 Å². The van der Waals surface area contributed by atoms with Crippen molar-refractivity contribution in [1.82, 2.24) is 0 Å². The van der Waals surface area contributed by atoms with E-state index in [1.165, 1.54) is 22.3 Å². The van der Waals surface area contributed by atoms with Crippen molar-refractivity contribution < 1.29 is 4.79 Å². The zero-order valence-corrected chi connectivity index (χ0v) is 19.0. The average Bonchev–Trinajstić information content (AvgIpc) is 2.61. The lowest BCUT2D eigenvalue weighted by atomic mass is 9.68. The molecule has 1 heteroatoms. The van der Waals surface area contributed by atoms with Gasteiger partial charge in [0.15, 0.2) is 5.78 Å². The van der Waals surface area contributed by atoms with Crippen LogP contribution in [0.4, 0.5) is 0 Å². The zero-order chi connectivity index (χ0) is 21.3. The van der Waals surface area contributed by atoms with E-state index in [1.54, 1.807) is 0 Å². The predicted octanol–water partition coefficient (Wildman–Crippen LogP) is 7.41. The molecule has 0 aromatic heterocycles. The third-order valence-corrected chi connectivity index (χ3v) is 6.25. The van der Waals surface area contributed by atoms with Crippen molar-refractivity contribution in [3.05, 3.63) is 80.9 Å². The van der Waals surface area contributed by atoms with Gasteiger partial charge in [0.2, 0.25) is 0 Å². The molecule has 0 amide bonds. The summed E-state index contributed by atoms with van der Waals surface area (Å²) >= 11 is 0. The van der Waals surface area contributed by atoms with Crippen molar-refractivity contribution >= 4 is 17.9 Å². The van der Waals surface area contributed by atoms with Crippen molar-refractivity contribution in [2.45, 2.75) is 61.3 Å². The normalized spacial score (nSPS) is 20.5. The zero-order valence-electron chi connectivity index (χ0n) is 19.0. The van der Waals surface area contributed by atoms with Crippen LogP contribution in [-0.2, 0) is 4.79 Å². The van der Waals surface area contributed by atoms with Crippen molar-refractivity contribution in [2.75, 3.05) is 0 Å². The van der Waals surface area contributed by atoms with Crippen LogP contribution in [0.15, 0.2) is 47.5 Å². The minimum atomic E-state index is 0.156. The molecule has 2 aromatic rings. The molecular weight excluding hydrogens is 352 g/mol. The summed E-state index contributed by atoms with van der Waals surface area (Å²) < 4.78 is 0. The molecule has 3 rings (SSSR count). The van der Waals surface area contributed by atoms with Crippen LogP contribution in [0.5, 0.6) is 0 Å². The molecule has 29 heavy (non-hydrogen) atoms. The molecule has 0 saturated heterocycles. The first-order valence-electron chi connectivity index (χ1n) is 10.6. The molecule has 1 nitrogen and oxygen atoms in total. The second-order valence-corrected chi connectivity index (χ2v) is 9.86. The third kappa shape index (κ3) is 4.96. The molecule has 0 aliphatic heterocycles. The maximum absolute atomic E-state index is 13.4. The molecule has 1 aliphatic rings. The summed E-state index contributed by atoms with van der Waals surface area (Å²) in [7, 11) is 0. The lowest BCUT2D eigenvalue weighted by Crippen LogP contribution is -2.29. The van der Waals surface area contributed by atoms with Crippen LogP contribution in [0.25, 0.3) is 12.2 Å². The van der Waals surface area contributed by atoms with Gasteiger partial charge in [-0.15, -0.1) is 0 Å². The van der Waals surface area contributed by atoms with Gasteiger partial charge in [0.25, 0.3) is 0 Å². The Morgan fingerprint density at radius 2 is 1.17 bits per heavy atom. The highest BCUT2D eigenvalue weighted by atomic mass is 16.1. The van der Waals surface area contributed by atoms with E-state index in [9.17, 15) is 4.79 Å². The number of carbonyl (C=O) groups excluding carboxylic acids is 1. The quantitative estimate of drug-likeness (QED) is 0.491. The Kier molecular flexibility index (Phi) is 5.98. The average molecular weight is 387 g/mol. The summed E-state index contributed by atoms with van der Waals surface area (Å²) in [6, 6.07) is 12.9. The van der Waals surface area contributed by atoms with E-state index in [0.29, 0.717) is 5.92 Å². The number of carbonyl (C=O) groups is 1. The van der Waals surface area contributed by atoms with Crippen LogP contribution in [0.3, 0.4) is 0 Å². The van der Waals surface area contributed by atoms with E-state index < -0.39 is 0 Å². The predicted molar refractivity (Wildman–Crippen MR) is 125 cm³/mol. The minimum Gasteiger partial charge on any atom is -0.289 e. The summed E-state index contributed by atoms with van der Waals surface area (Å²) in [5.41, 5.74) is 9.30. The van der Waals surface area contributed by atoms with E-state index in [2.05, 4.69) is 97.0 Å². The Hall–Kier alpha value is -2.41. The summed E-state index contributed by atoms with van der Waals surface area (Å²) in [5.74, 6) is 0.666. The highest BCUT2D eigenvalue weighted by molar-refractivity contribution is 6.14. The monoisotopic (exact) mass is 386 g/mol. The van der Waals surface area contributed by atoms with Crippen LogP contribution in [0.2, 0.25) is 0 Å². The van der Waals surface area contributed by atoms with E-state index in [-0.39, 0.29) is 11.2 Å². The summed E-state index contributed by atoms with van der Waals surface area (Å²) in [5, 5.41) is 0. The summed E-state index contributed by atoms with van der Waals surface area (Å²) in [6.45, 7) is 15.3. The molecule has 0 bridgehead atoms. The van der Waals surface area contributed by atoms with Crippen LogP contribution >= 0.6 is 0 Å². The van der Waals surface area contributed by atoms with Gasteiger partial charge in [0.05, 0.1) is 0 Å². The highest BCUT2D eigenvalue weighted by Gasteiger charge is 2.34. The van der Waals surface area contributed by atoms with Gasteiger partial charge < -0.3 is 0 Å². The first-order chi connectivity index (χ1) is 13.5. The number of hydrogen-bond acceptors (Lipinski definition) is 1. The highest BCUT2D eigenvalue weighted by Crippen LogP contribution is 2.42. The fourth-order valence-electron chi connectivity index (χ4n) is 4.21. The Morgan fingerprint density at radius 3 is 1.52 bits per heavy atom. The number of Topliss-reactive ketones (excluding diaryl/α,β-unsaturated/α-hetero) is 1. The number of rotatable bonds is 2. The van der Waals surface area contributed by atoms with Gasteiger partial charge in [-0.05, 0) is 86.3 Å². The fraction of sp³-hybridized carbons (Fsp3) is 0.393. The molecule has 0 unspecified atom stereocenters. The number of benzene rings is 2. The van der Waals surface area contributed by atoms with Crippen LogP contribution in [-0.4, -0.2) is 5.78 Å². The number of allylic oxidation sites excluding steroid dienone is 2. The number of ketones is 1. The number of aryl methyl sites for hydroxylation is 4. The van der Waals surface area contributed by atoms with Crippen molar-refractivity contribution in [2.24, 2.45) is 11.3 Å². The fourth-order valence-corrected chi connectivity index (χ4v) is 4.21. The molecule has 152 valence electrons. The van der Waals surface area contributed by atoms with E-state index >= 15 is 0 Å². The molecule has 0 heterocycles. The Morgan fingerprint density at radius 1 is 0.759 bits per heavy atom. The molecule has 0 radical (unpaired) electrons. The van der Waals surface area contributed by atoms with Gasteiger partial charge in [-0.2, -0.15) is 0 Å². The van der Waals surface area contributed by atoms with Gasteiger partial charge in [0, 0.05) is 11.1 Å². The topological polar surface area (TPSA) is 17.1 Å². The van der Waals surface area contributed by atoms with Crippen LogP contribution in [0.1, 0.15) is 67.0 Å². The first kappa shape index (κ1) is 21.3. The Labute approximate surface area is 176 Å². The lowest BCUT2D eigenvalue weighted by molar-refractivity contribution is -0.113. The standard InChI is InChI=1S/C28H34O/c1-18-8-10-22(20(3)12-18)14-24-16-26(28(5,6)7)17-25(27(24)29)15-23-11-9-19(2)13-21(23)4/h8-15,26H,16-17H2,1-7H3/b24-14+,25-15+. The molecule has 1 saturated carbocycles. The van der Waals surface area contributed by atoms with Crippen LogP contribution in [0, 0.1) is 39.0 Å². The molecule has 1 fully saturated rings. The SMILES string of the molecule is Cc1ccc(/C=C2\CC(C(C)(C)C)C/C(=C\c3ccc(C)cc3C)C2=O)c(C)c1. The maximum Gasteiger partial charge on any atom is 0.185 e. The van der Waals surface area contributed by atoms with Gasteiger partial charge in [-0.25, -0.2) is 0 Å². The second kappa shape index (κ2) is 8.14. The van der Waals surface area contributed by atoms with Crippen molar-refractivity contribution in [3.8, 4) is 0 Å². The van der Waals surface area contributed by atoms with E-state index in [4.69, 9.17) is 0 Å². The van der Waals surface area contributed by atoms with Gasteiger partial charge in [-0.3, -0.25) is 4.79 Å².